The number of thiazole rings is 1. The number of benzene rings is 1. The number of amides is 1. The van der Waals surface area contributed by atoms with Crippen LogP contribution in [0, 0.1) is 20.8 Å². The van der Waals surface area contributed by atoms with Crippen molar-refractivity contribution >= 4 is 45.0 Å². The summed E-state index contributed by atoms with van der Waals surface area (Å²) in [5.74, 6) is -0.219. The Bertz CT molecular complexity index is 1210. The summed E-state index contributed by atoms with van der Waals surface area (Å²) in [6, 6.07) is 9.29. The van der Waals surface area contributed by atoms with Crippen LogP contribution in [0.5, 0.6) is 0 Å². The molecule has 6 nitrogen and oxygen atoms in total. The standard InChI is InChI=1S/C20H18ClN5OS/c1-10-9-15(16-11(2)25-26(4)18(16)22-10)19(27)24-20-23-17(12(3)28-20)13-5-7-14(21)8-6-13/h5-9H,1-4H3,(H,23,24,27). The lowest BCUT2D eigenvalue weighted by atomic mass is 10.1. The summed E-state index contributed by atoms with van der Waals surface area (Å²) in [6.45, 7) is 5.73. The van der Waals surface area contributed by atoms with Gasteiger partial charge in [0.15, 0.2) is 10.8 Å². The van der Waals surface area contributed by atoms with Gasteiger partial charge in [0, 0.05) is 28.2 Å². The van der Waals surface area contributed by atoms with Crippen molar-refractivity contribution in [2.75, 3.05) is 5.32 Å². The molecule has 28 heavy (non-hydrogen) atoms. The number of aromatic nitrogens is 4. The molecule has 0 saturated carbocycles. The molecule has 0 spiro atoms. The molecule has 1 aromatic carbocycles. The second-order valence-corrected chi connectivity index (χ2v) is 8.24. The third-order valence-corrected chi connectivity index (χ3v) is 5.61. The first-order chi connectivity index (χ1) is 13.3. The van der Waals surface area contributed by atoms with Gasteiger partial charge in [0.25, 0.3) is 5.91 Å². The second kappa shape index (κ2) is 7.00. The van der Waals surface area contributed by atoms with Crippen molar-refractivity contribution in [3.05, 3.63) is 57.2 Å². The molecule has 0 bridgehead atoms. The minimum atomic E-state index is -0.219. The van der Waals surface area contributed by atoms with Crippen molar-refractivity contribution in [2.24, 2.45) is 7.05 Å². The van der Waals surface area contributed by atoms with E-state index in [1.807, 2.05) is 52.1 Å². The third-order valence-electron chi connectivity index (χ3n) is 4.48. The summed E-state index contributed by atoms with van der Waals surface area (Å²) in [4.78, 5) is 23.2. The van der Waals surface area contributed by atoms with E-state index < -0.39 is 0 Å². The molecule has 1 N–H and O–H groups in total. The Kier molecular flexibility index (Phi) is 4.64. The van der Waals surface area contributed by atoms with Crippen LogP contribution in [0.4, 0.5) is 5.13 Å². The summed E-state index contributed by atoms with van der Waals surface area (Å²) in [6.07, 6.45) is 0. The maximum absolute atomic E-state index is 13.0. The fourth-order valence-electron chi connectivity index (χ4n) is 3.24. The zero-order valence-corrected chi connectivity index (χ0v) is 17.4. The first-order valence-electron chi connectivity index (χ1n) is 8.69. The van der Waals surface area contributed by atoms with Gasteiger partial charge >= 0.3 is 0 Å². The van der Waals surface area contributed by atoms with Crippen LogP contribution < -0.4 is 5.32 Å². The van der Waals surface area contributed by atoms with E-state index in [9.17, 15) is 4.79 Å². The summed E-state index contributed by atoms with van der Waals surface area (Å²) >= 11 is 7.41. The lowest BCUT2D eigenvalue weighted by molar-refractivity contribution is 0.102. The lowest BCUT2D eigenvalue weighted by Crippen LogP contribution is -2.13. The summed E-state index contributed by atoms with van der Waals surface area (Å²) in [7, 11) is 1.83. The number of hydrogen-bond acceptors (Lipinski definition) is 5. The molecule has 8 heteroatoms. The number of rotatable bonds is 3. The van der Waals surface area contributed by atoms with Crippen molar-refractivity contribution < 1.29 is 4.79 Å². The predicted octanol–water partition coefficient (Wildman–Crippen LogP) is 4.92. The smallest absolute Gasteiger partial charge is 0.258 e. The Morgan fingerprint density at radius 2 is 1.86 bits per heavy atom. The van der Waals surface area contributed by atoms with E-state index in [2.05, 4.69) is 20.4 Å². The summed E-state index contributed by atoms with van der Waals surface area (Å²) in [5.41, 5.74) is 4.58. The Hall–Kier alpha value is -2.77. The van der Waals surface area contributed by atoms with E-state index in [1.165, 1.54) is 11.3 Å². The molecule has 1 amide bonds. The number of aryl methyl sites for hydroxylation is 4. The lowest BCUT2D eigenvalue weighted by Gasteiger charge is -2.05. The molecule has 0 unspecified atom stereocenters. The van der Waals surface area contributed by atoms with E-state index in [4.69, 9.17) is 11.6 Å². The topological polar surface area (TPSA) is 72.7 Å². The van der Waals surface area contributed by atoms with Crippen molar-refractivity contribution in [3.8, 4) is 11.3 Å². The monoisotopic (exact) mass is 411 g/mol. The van der Waals surface area contributed by atoms with Crippen LogP contribution in [0.2, 0.25) is 5.02 Å². The number of pyridine rings is 1. The molecule has 0 fully saturated rings. The summed E-state index contributed by atoms with van der Waals surface area (Å²) < 4.78 is 1.70. The van der Waals surface area contributed by atoms with Crippen molar-refractivity contribution in [3.63, 3.8) is 0 Å². The highest BCUT2D eigenvalue weighted by Crippen LogP contribution is 2.31. The number of anilines is 1. The van der Waals surface area contributed by atoms with Crippen LogP contribution in [-0.4, -0.2) is 25.7 Å². The van der Waals surface area contributed by atoms with Crippen LogP contribution in [0.3, 0.4) is 0 Å². The van der Waals surface area contributed by atoms with Gasteiger partial charge in [-0.25, -0.2) is 9.97 Å². The van der Waals surface area contributed by atoms with Crippen LogP contribution in [0.1, 0.15) is 26.6 Å². The number of carbonyl (C=O) groups excluding carboxylic acids is 1. The Morgan fingerprint density at radius 3 is 2.57 bits per heavy atom. The number of nitrogens with one attached hydrogen (secondary N) is 1. The molecular formula is C20H18ClN5OS. The molecule has 3 aromatic heterocycles. The van der Waals surface area contributed by atoms with Crippen molar-refractivity contribution in [1.29, 1.82) is 0 Å². The second-order valence-electron chi connectivity index (χ2n) is 6.60. The van der Waals surface area contributed by atoms with Gasteiger partial charge in [-0.3, -0.25) is 14.8 Å². The molecule has 0 saturated heterocycles. The summed E-state index contributed by atoms with van der Waals surface area (Å²) in [5, 5.41) is 9.32. The molecule has 0 aliphatic heterocycles. The first kappa shape index (κ1) is 18.6. The largest absolute Gasteiger partial charge is 0.298 e. The fraction of sp³-hybridized carbons (Fsp3) is 0.200. The van der Waals surface area contributed by atoms with Crippen molar-refractivity contribution in [2.45, 2.75) is 20.8 Å². The number of hydrogen-bond donors (Lipinski definition) is 1. The Morgan fingerprint density at radius 1 is 1.14 bits per heavy atom. The normalized spacial score (nSPS) is 11.2. The van der Waals surface area contributed by atoms with Gasteiger partial charge in [-0.1, -0.05) is 23.7 Å². The van der Waals surface area contributed by atoms with Crippen LogP contribution in [0.25, 0.3) is 22.3 Å². The van der Waals surface area contributed by atoms with Gasteiger partial charge in [0.2, 0.25) is 0 Å². The van der Waals surface area contributed by atoms with Gasteiger partial charge in [0.1, 0.15) is 0 Å². The van der Waals surface area contributed by atoms with Gasteiger partial charge in [-0.15, -0.1) is 11.3 Å². The Labute approximate surface area is 171 Å². The van der Waals surface area contributed by atoms with Gasteiger partial charge in [-0.2, -0.15) is 5.10 Å². The third kappa shape index (κ3) is 3.27. The van der Waals surface area contributed by atoms with E-state index in [0.29, 0.717) is 21.4 Å². The minimum Gasteiger partial charge on any atom is -0.298 e. The van der Waals surface area contributed by atoms with E-state index in [0.717, 1.165) is 32.9 Å². The molecule has 0 aliphatic carbocycles. The average Bonchev–Trinajstić information content (AvgIpc) is 3.14. The Balaban J connectivity index is 1.69. The zero-order valence-electron chi connectivity index (χ0n) is 15.9. The molecule has 0 aliphatic rings. The molecule has 142 valence electrons. The van der Waals surface area contributed by atoms with E-state index in [1.54, 1.807) is 10.7 Å². The highest BCUT2D eigenvalue weighted by atomic mass is 35.5. The quantitative estimate of drug-likeness (QED) is 0.519. The highest BCUT2D eigenvalue weighted by Gasteiger charge is 2.19. The van der Waals surface area contributed by atoms with E-state index >= 15 is 0 Å². The minimum absolute atomic E-state index is 0.219. The molecule has 3 heterocycles. The first-order valence-corrected chi connectivity index (χ1v) is 9.88. The molecule has 4 aromatic rings. The molecule has 0 radical (unpaired) electrons. The zero-order chi connectivity index (χ0) is 20.0. The average molecular weight is 412 g/mol. The number of carbonyl (C=O) groups is 1. The fourth-order valence-corrected chi connectivity index (χ4v) is 4.20. The molecule has 4 rings (SSSR count). The van der Waals surface area contributed by atoms with Crippen LogP contribution in [0.15, 0.2) is 30.3 Å². The van der Waals surface area contributed by atoms with Crippen LogP contribution >= 0.6 is 22.9 Å². The number of nitrogens with zero attached hydrogens (tertiary/aromatic N) is 4. The number of halogens is 1. The van der Waals surface area contributed by atoms with Gasteiger partial charge in [0.05, 0.1) is 22.3 Å². The number of fused-ring (bicyclic) bond motifs is 1. The van der Waals surface area contributed by atoms with Gasteiger partial charge in [-0.05, 0) is 39.0 Å². The SMILES string of the molecule is Cc1cc(C(=O)Nc2nc(-c3ccc(Cl)cc3)c(C)s2)c2c(C)nn(C)c2n1. The van der Waals surface area contributed by atoms with Crippen molar-refractivity contribution in [1.82, 2.24) is 19.7 Å². The van der Waals surface area contributed by atoms with Gasteiger partial charge < -0.3 is 0 Å². The maximum atomic E-state index is 13.0. The predicted molar refractivity (Wildman–Crippen MR) is 113 cm³/mol. The highest BCUT2D eigenvalue weighted by molar-refractivity contribution is 7.16. The maximum Gasteiger partial charge on any atom is 0.258 e. The molecular weight excluding hydrogens is 394 g/mol. The van der Waals surface area contributed by atoms with Crippen LogP contribution in [-0.2, 0) is 7.05 Å². The molecule has 0 atom stereocenters. The van der Waals surface area contributed by atoms with E-state index in [-0.39, 0.29) is 5.91 Å².